The lowest BCUT2D eigenvalue weighted by Gasteiger charge is -2.29. The van der Waals surface area contributed by atoms with E-state index in [4.69, 9.17) is 12.2 Å². The van der Waals surface area contributed by atoms with Crippen LogP contribution >= 0.6 is 12.2 Å². The first-order valence-corrected chi connectivity index (χ1v) is 14.9. The zero-order valence-corrected chi connectivity index (χ0v) is 24.0. The van der Waals surface area contributed by atoms with Crippen molar-refractivity contribution in [3.05, 3.63) is 107 Å². The quantitative estimate of drug-likeness (QED) is 0.262. The largest absolute Gasteiger partial charge is 0.478 e. The Bertz CT molecular complexity index is 1730. The minimum absolute atomic E-state index is 0.207. The minimum atomic E-state index is -3.44. The Hall–Kier alpha value is -4.22. The Balaban J connectivity index is 1.68. The fourth-order valence-electron chi connectivity index (χ4n) is 5.37. The normalized spacial score (nSPS) is 17.1. The van der Waals surface area contributed by atoms with Crippen molar-refractivity contribution >= 4 is 44.7 Å². The molecule has 3 heterocycles. The number of anilines is 2. The molecule has 2 aromatic heterocycles. The molecular weight excluding hydrogens is 546 g/mol. The summed E-state index contributed by atoms with van der Waals surface area (Å²) in [4.78, 5) is 18.7. The minimum Gasteiger partial charge on any atom is -0.478 e. The van der Waals surface area contributed by atoms with Crippen LogP contribution in [0.5, 0.6) is 0 Å². The molecule has 0 aliphatic carbocycles. The van der Waals surface area contributed by atoms with Crippen molar-refractivity contribution in [3.63, 3.8) is 0 Å². The van der Waals surface area contributed by atoms with E-state index in [9.17, 15) is 18.3 Å². The van der Waals surface area contributed by atoms with Gasteiger partial charge >= 0.3 is 5.97 Å². The van der Waals surface area contributed by atoms with Crippen molar-refractivity contribution in [2.45, 2.75) is 32.9 Å². The van der Waals surface area contributed by atoms with Crippen molar-refractivity contribution < 1.29 is 18.3 Å². The zero-order valence-electron chi connectivity index (χ0n) is 22.4. The summed E-state index contributed by atoms with van der Waals surface area (Å²) >= 11 is 5.86. The molecule has 2 aromatic carbocycles. The maximum atomic E-state index is 12.0. The summed E-state index contributed by atoms with van der Waals surface area (Å²) in [5.41, 5.74) is 6.32. The van der Waals surface area contributed by atoms with E-state index < -0.39 is 16.0 Å². The van der Waals surface area contributed by atoms with E-state index in [1.54, 1.807) is 30.5 Å². The molecule has 3 N–H and O–H groups in total. The molecule has 1 aliphatic heterocycles. The number of nitrogens with one attached hydrogen (secondary N) is 2. The van der Waals surface area contributed by atoms with Crippen molar-refractivity contribution in [3.8, 4) is 5.69 Å². The van der Waals surface area contributed by atoms with Crippen LogP contribution in [0.1, 0.15) is 50.7 Å². The summed E-state index contributed by atoms with van der Waals surface area (Å²) in [6.07, 6.45) is 2.85. The lowest BCUT2D eigenvalue weighted by Crippen LogP contribution is -2.29. The molecule has 40 heavy (non-hydrogen) atoms. The Morgan fingerprint density at radius 3 is 2.42 bits per heavy atom. The highest BCUT2D eigenvalue weighted by Gasteiger charge is 2.42. The number of aromatic nitrogens is 2. The third kappa shape index (κ3) is 5.05. The number of nitrogens with zero attached hydrogens (tertiary/aromatic N) is 3. The lowest BCUT2D eigenvalue weighted by atomic mass is 9.96. The van der Waals surface area contributed by atoms with Gasteiger partial charge in [0, 0.05) is 23.3 Å². The van der Waals surface area contributed by atoms with Crippen molar-refractivity contribution in [1.29, 1.82) is 0 Å². The maximum Gasteiger partial charge on any atom is 0.337 e. The number of hydrogen-bond donors (Lipinski definition) is 3. The molecule has 0 bridgehead atoms. The predicted molar refractivity (Wildman–Crippen MR) is 160 cm³/mol. The number of aromatic carboxylic acids is 1. The van der Waals surface area contributed by atoms with E-state index in [0.29, 0.717) is 16.5 Å². The van der Waals surface area contributed by atoms with Crippen LogP contribution in [0.15, 0.2) is 72.9 Å². The molecule has 1 saturated heterocycles. The predicted octanol–water partition coefficient (Wildman–Crippen LogP) is 5.04. The Morgan fingerprint density at radius 2 is 1.77 bits per heavy atom. The van der Waals surface area contributed by atoms with Crippen LogP contribution in [0, 0.1) is 20.8 Å². The number of pyridine rings is 1. The van der Waals surface area contributed by atoms with Crippen LogP contribution in [0.4, 0.5) is 11.4 Å². The highest BCUT2D eigenvalue weighted by atomic mass is 32.2. The molecule has 5 rings (SSSR count). The molecule has 9 nitrogen and oxygen atoms in total. The SMILES string of the molecule is Cc1cc(N2C(=S)NC(c3ccccn3)C2c2cc(C)n(-c3ccccc3C(=O)O)c2C)ccc1NS(C)(=O)=O. The molecule has 0 amide bonds. The lowest BCUT2D eigenvalue weighted by molar-refractivity contribution is 0.0697. The standard InChI is InChI=1S/C29H29N5O4S2/c1-17-15-20(12-13-23(17)32-40(4,37)38)34-27(26(31-29(34)39)24-10-7-8-14-30-24)22-16-18(2)33(19(22)3)25-11-6-5-9-21(25)28(35)36/h5-16,26-27,32H,1-4H3,(H,31,39)(H,35,36). The smallest absolute Gasteiger partial charge is 0.337 e. The molecule has 4 aromatic rings. The number of benzene rings is 2. The van der Waals surface area contributed by atoms with Gasteiger partial charge in [-0.2, -0.15) is 0 Å². The van der Waals surface area contributed by atoms with Gasteiger partial charge in [-0.15, -0.1) is 0 Å². The number of hydrogen-bond acceptors (Lipinski definition) is 5. The fraction of sp³-hybridized carbons (Fsp3) is 0.207. The summed E-state index contributed by atoms with van der Waals surface area (Å²) in [5.74, 6) is -1.00. The van der Waals surface area contributed by atoms with Crippen LogP contribution < -0.4 is 14.9 Å². The number of para-hydroxylation sites is 1. The first-order valence-electron chi connectivity index (χ1n) is 12.6. The van der Waals surface area contributed by atoms with Crippen LogP contribution in [0.3, 0.4) is 0 Å². The van der Waals surface area contributed by atoms with Crippen molar-refractivity contribution in [2.24, 2.45) is 0 Å². The van der Waals surface area contributed by atoms with Gasteiger partial charge in [-0.05, 0) is 92.6 Å². The molecule has 2 unspecified atom stereocenters. The molecule has 0 saturated carbocycles. The van der Waals surface area contributed by atoms with Gasteiger partial charge in [0.15, 0.2) is 5.11 Å². The summed E-state index contributed by atoms with van der Waals surface area (Å²) in [5, 5.41) is 13.8. The van der Waals surface area contributed by atoms with Crippen LogP contribution in [-0.2, 0) is 10.0 Å². The Kier molecular flexibility index (Phi) is 7.11. The van der Waals surface area contributed by atoms with Gasteiger partial charge in [-0.25, -0.2) is 13.2 Å². The second-order valence-electron chi connectivity index (χ2n) is 9.85. The Morgan fingerprint density at radius 1 is 1.05 bits per heavy atom. The third-order valence-corrected chi connectivity index (χ3v) is 7.95. The number of carbonyl (C=O) groups is 1. The molecular formula is C29H29N5O4S2. The first-order chi connectivity index (χ1) is 19.0. The van der Waals surface area contributed by atoms with Crippen LogP contribution in [0.2, 0.25) is 0 Å². The summed E-state index contributed by atoms with van der Waals surface area (Å²) in [7, 11) is -3.44. The molecule has 11 heteroatoms. The van der Waals surface area contributed by atoms with Gasteiger partial charge in [0.25, 0.3) is 0 Å². The molecule has 2 atom stereocenters. The van der Waals surface area contributed by atoms with Gasteiger partial charge in [0.2, 0.25) is 10.0 Å². The van der Waals surface area contributed by atoms with E-state index in [2.05, 4.69) is 21.1 Å². The second kappa shape index (κ2) is 10.4. The van der Waals surface area contributed by atoms with Crippen LogP contribution in [-0.4, -0.2) is 40.4 Å². The average Bonchev–Trinajstić information content (AvgIpc) is 3.39. The van der Waals surface area contributed by atoms with Gasteiger partial charge < -0.3 is 19.9 Å². The van der Waals surface area contributed by atoms with E-state index >= 15 is 0 Å². The monoisotopic (exact) mass is 575 g/mol. The number of sulfonamides is 1. The van der Waals surface area contributed by atoms with Gasteiger partial charge in [0.1, 0.15) is 0 Å². The number of carboxylic acids is 1. The average molecular weight is 576 g/mol. The number of aryl methyl sites for hydroxylation is 2. The highest BCUT2D eigenvalue weighted by Crippen LogP contribution is 2.44. The van der Waals surface area contributed by atoms with Crippen LogP contribution in [0.25, 0.3) is 5.69 Å². The number of rotatable bonds is 7. The highest BCUT2D eigenvalue weighted by molar-refractivity contribution is 7.92. The topological polar surface area (TPSA) is 117 Å². The van der Waals surface area contributed by atoms with Crippen molar-refractivity contribution in [2.75, 3.05) is 15.9 Å². The van der Waals surface area contributed by atoms with Gasteiger partial charge in [-0.3, -0.25) is 9.71 Å². The number of thiocarbonyl (C=S) groups is 1. The second-order valence-corrected chi connectivity index (χ2v) is 12.0. The van der Waals surface area contributed by atoms with Gasteiger partial charge in [0.05, 0.1) is 41.0 Å². The Labute approximate surface area is 238 Å². The maximum absolute atomic E-state index is 12.0. The molecule has 0 spiro atoms. The molecule has 1 aliphatic rings. The summed E-state index contributed by atoms with van der Waals surface area (Å²) in [6.45, 7) is 5.76. The fourth-order valence-corrected chi connectivity index (χ4v) is 6.34. The third-order valence-electron chi connectivity index (χ3n) is 7.05. The molecule has 0 radical (unpaired) electrons. The van der Waals surface area contributed by atoms with E-state index in [-0.39, 0.29) is 17.6 Å². The molecule has 206 valence electrons. The van der Waals surface area contributed by atoms with Crippen molar-refractivity contribution in [1.82, 2.24) is 14.9 Å². The zero-order chi connectivity index (χ0) is 28.8. The van der Waals surface area contributed by atoms with E-state index in [1.807, 2.05) is 66.6 Å². The number of carboxylic acid groups (broad SMARTS) is 1. The molecule has 1 fully saturated rings. The first kappa shape index (κ1) is 27.4. The summed E-state index contributed by atoms with van der Waals surface area (Å²) < 4.78 is 28.2. The van der Waals surface area contributed by atoms with E-state index in [1.165, 1.54) is 0 Å². The summed E-state index contributed by atoms with van der Waals surface area (Å²) in [6, 6.07) is 19.6. The van der Waals surface area contributed by atoms with E-state index in [0.717, 1.165) is 40.2 Å². The van der Waals surface area contributed by atoms with Gasteiger partial charge in [-0.1, -0.05) is 18.2 Å².